The summed E-state index contributed by atoms with van der Waals surface area (Å²) in [5, 5.41) is 3.88. The third-order valence-electron chi connectivity index (χ3n) is 5.46. The second kappa shape index (κ2) is 8.75. The van der Waals surface area contributed by atoms with Crippen molar-refractivity contribution < 1.29 is 19.1 Å². The van der Waals surface area contributed by atoms with Gasteiger partial charge in [0.1, 0.15) is 6.04 Å². The van der Waals surface area contributed by atoms with Crippen LogP contribution >= 0.6 is 0 Å². The molecule has 0 bridgehead atoms. The molecule has 1 fully saturated rings. The van der Waals surface area contributed by atoms with Gasteiger partial charge in [-0.05, 0) is 44.5 Å². The van der Waals surface area contributed by atoms with Crippen LogP contribution in [0.4, 0.5) is 0 Å². The Morgan fingerprint density at radius 3 is 2.64 bits per heavy atom. The van der Waals surface area contributed by atoms with Crippen LogP contribution in [0.15, 0.2) is 18.2 Å². The molecule has 1 saturated heterocycles. The Balaban J connectivity index is 1.76. The van der Waals surface area contributed by atoms with E-state index in [1.165, 1.54) is 5.69 Å². The van der Waals surface area contributed by atoms with Crippen molar-refractivity contribution in [1.29, 1.82) is 0 Å². The largest absolute Gasteiger partial charge is 0.383 e. The molecule has 1 N–H and O–H groups in total. The highest BCUT2D eigenvalue weighted by Crippen LogP contribution is 2.26. The highest BCUT2D eigenvalue weighted by atomic mass is 16.5. The van der Waals surface area contributed by atoms with Gasteiger partial charge in [-0.2, -0.15) is 0 Å². The molecule has 1 atom stereocenters. The minimum Gasteiger partial charge on any atom is -0.383 e. The molecule has 2 aromatic rings. The van der Waals surface area contributed by atoms with Crippen molar-refractivity contribution in [3.05, 3.63) is 35.0 Å². The predicted octanol–water partition coefficient (Wildman–Crippen LogP) is 1.88. The number of fused-ring (bicyclic) bond motifs is 1. The van der Waals surface area contributed by atoms with E-state index >= 15 is 0 Å². The number of nitrogens with zero attached hydrogens (tertiary/aromatic N) is 2. The molecule has 0 aliphatic carbocycles. The Labute approximate surface area is 165 Å². The zero-order valence-corrected chi connectivity index (χ0v) is 17.1. The Morgan fingerprint density at radius 2 is 1.96 bits per heavy atom. The van der Waals surface area contributed by atoms with Gasteiger partial charge in [-0.25, -0.2) is 0 Å². The van der Waals surface area contributed by atoms with Crippen LogP contribution in [-0.4, -0.2) is 67.3 Å². The van der Waals surface area contributed by atoms with E-state index in [4.69, 9.17) is 9.47 Å². The maximum atomic E-state index is 12.7. The highest BCUT2D eigenvalue weighted by molar-refractivity contribution is 6.01. The summed E-state index contributed by atoms with van der Waals surface area (Å²) in [5.41, 5.74) is 3.96. The van der Waals surface area contributed by atoms with Crippen LogP contribution in [0.5, 0.6) is 0 Å². The summed E-state index contributed by atoms with van der Waals surface area (Å²) in [6.07, 6.45) is 0. The lowest BCUT2D eigenvalue weighted by molar-refractivity contribution is -0.136. The van der Waals surface area contributed by atoms with E-state index in [0.29, 0.717) is 38.5 Å². The molecule has 7 nitrogen and oxygen atoms in total. The molecule has 2 heterocycles. The lowest BCUT2D eigenvalue weighted by atomic mass is 10.1. The molecule has 1 unspecified atom stereocenters. The van der Waals surface area contributed by atoms with Gasteiger partial charge in [0.25, 0.3) is 5.91 Å². The van der Waals surface area contributed by atoms with Crippen LogP contribution in [0.25, 0.3) is 10.9 Å². The Hall–Kier alpha value is -2.38. The summed E-state index contributed by atoms with van der Waals surface area (Å²) in [6.45, 7) is 9.49. The molecule has 0 spiro atoms. The van der Waals surface area contributed by atoms with Gasteiger partial charge in [-0.1, -0.05) is 0 Å². The quantitative estimate of drug-likeness (QED) is 0.822. The van der Waals surface area contributed by atoms with Crippen molar-refractivity contribution in [3.8, 4) is 0 Å². The molecule has 28 heavy (non-hydrogen) atoms. The molecule has 152 valence electrons. The lowest BCUT2D eigenvalue weighted by Crippen LogP contribution is -2.50. The summed E-state index contributed by atoms with van der Waals surface area (Å²) in [7, 11) is 1.69. The standard InChI is InChI=1S/C21H29N3O4/c1-14-16(3)24(9-10-27-4)19-6-5-17(13-18(14)19)20(25)22-15(2)21(26)23-7-11-28-12-8-23/h5-6,13,15H,7-12H2,1-4H3,(H,22,25). The number of amides is 2. The third-order valence-corrected chi connectivity index (χ3v) is 5.46. The number of nitrogens with one attached hydrogen (secondary N) is 1. The smallest absolute Gasteiger partial charge is 0.251 e. The fourth-order valence-electron chi connectivity index (χ4n) is 3.66. The Kier molecular flexibility index (Phi) is 6.36. The van der Waals surface area contributed by atoms with Crippen molar-refractivity contribution in [3.63, 3.8) is 0 Å². The van der Waals surface area contributed by atoms with Crippen LogP contribution in [0.2, 0.25) is 0 Å². The molecule has 1 aliphatic rings. The number of carbonyl (C=O) groups is 2. The van der Waals surface area contributed by atoms with Gasteiger partial charge in [-0.3, -0.25) is 9.59 Å². The number of ether oxygens (including phenoxy) is 2. The molecule has 0 saturated carbocycles. The van der Waals surface area contributed by atoms with Crippen LogP contribution in [0.3, 0.4) is 0 Å². The number of aryl methyl sites for hydroxylation is 1. The first-order chi connectivity index (χ1) is 13.4. The van der Waals surface area contributed by atoms with Crippen molar-refractivity contribution in [1.82, 2.24) is 14.8 Å². The van der Waals surface area contributed by atoms with E-state index in [1.807, 2.05) is 18.2 Å². The SMILES string of the molecule is COCCn1c(C)c(C)c2cc(C(=O)NC(C)C(=O)N3CCOCC3)ccc21. The molecular weight excluding hydrogens is 358 g/mol. The van der Waals surface area contributed by atoms with Crippen LogP contribution < -0.4 is 5.32 Å². The molecule has 1 aromatic carbocycles. The minimum atomic E-state index is -0.574. The van der Waals surface area contributed by atoms with Crippen molar-refractivity contribution in [2.24, 2.45) is 0 Å². The summed E-state index contributed by atoms with van der Waals surface area (Å²) in [6, 6.07) is 5.11. The predicted molar refractivity (Wildman–Crippen MR) is 108 cm³/mol. The first-order valence-electron chi connectivity index (χ1n) is 9.69. The van der Waals surface area contributed by atoms with Crippen molar-refractivity contribution in [2.45, 2.75) is 33.4 Å². The van der Waals surface area contributed by atoms with Crippen LogP contribution in [-0.2, 0) is 20.8 Å². The fourth-order valence-corrected chi connectivity index (χ4v) is 3.66. The third kappa shape index (κ3) is 4.05. The monoisotopic (exact) mass is 387 g/mol. The molecule has 1 aliphatic heterocycles. The lowest BCUT2D eigenvalue weighted by Gasteiger charge is -2.29. The summed E-state index contributed by atoms with van der Waals surface area (Å²) >= 11 is 0. The minimum absolute atomic E-state index is 0.0736. The second-order valence-corrected chi connectivity index (χ2v) is 7.22. The van der Waals surface area contributed by atoms with Gasteiger partial charge >= 0.3 is 0 Å². The number of aromatic nitrogens is 1. The van der Waals surface area contributed by atoms with Gasteiger partial charge in [0, 0.05) is 48.9 Å². The Bertz CT molecular complexity index is 868. The van der Waals surface area contributed by atoms with E-state index < -0.39 is 6.04 Å². The maximum Gasteiger partial charge on any atom is 0.251 e. The number of methoxy groups -OCH3 is 1. The van der Waals surface area contributed by atoms with Crippen molar-refractivity contribution >= 4 is 22.7 Å². The first kappa shape index (κ1) is 20.4. The summed E-state index contributed by atoms with van der Waals surface area (Å²) < 4.78 is 12.7. The second-order valence-electron chi connectivity index (χ2n) is 7.22. The van der Waals surface area contributed by atoms with Gasteiger partial charge in [-0.15, -0.1) is 0 Å². The molecular formula is C21H29N3O4. The van der Waals surface area contributed by atoms with E-state index in [2.05, 4.69) is 23.7 Å². The summed E-state index contributed by atoms with van der Waals surface area (Å²) in [4.78, 5) is 27.0. The summed E-state index contributed by atoms with van der Waals surface area (Å²) in [5.74, 6) is -0.312. The number of hydrogen-bond acceptors (Lipinski definition) is 4. The maximum absolute atomic E-state index is 12.7. The number of hydrogen-bond donors (Lipinski definition) is 1. The number of carbonyl (C=O) groups excluding carboxylic acids is 2. The van der Waals surface area contributed by atoms with Crippen molar-refractivity contribution in [2.75, 3.05) is 40.0 Å². The average Bonchev–Trinajstić information content (AvgIpc) is 2.96. The average molecular weight is 387 g/mol. The zero-order chi connectivity index (χ0) is 20.3. The number of rotatable bonds is 6. The van der Waals surface area contributed by atoms with E-state index in [9.17, 15) is 9.59 Å². The Morgan fingerprint density at radius 1 is 1.25 bits per heavy atom. The van der Waals surface area contributed by atoms with Crippen LogP contribution in [0, 0.1) is 13.8 Å². The van der Waals surface area contributed by atoms with E-state index in [-0.39, 0.29) is 11.8 Å². The van der Waals surface area contributed by atoms with Gasteiger partial charge in [0.15, 0.2) is 0 Å². The van der Waals surface area contributed by atoms with E-state index in [1.54, 1.807) is 18.9 Å². The topological polar surface area (TPSA) is 72.8 Å². The van der Waals surface area contributed by atoms with Crippen LogP contribution in [0.1, 0.15) is 28.5 Å². The zero-order valence-electron chi connectivity index (χ0n) is 17.1. The normalized spacial score (nSPS) is 15.6. The molecule has 7 heteroatoms. The number of benzene rings is 1. The number of morpholine rings is 1. The van der Waals surface area contributed by atoms with Gasteiger partial charge in [0.2, 0.25) is 5.91 Å². The molecule has 3 rings (SSSR count). The van der Waals surface area contributed by atoms with Gasteiger partial charge in [0.05, 0.1) is 19.8 Å². The fraction of sp³-hybridized carbons (Fsp3) is 0.524. The highest BCUT2D eigenvalue weighted by Gasteiger charge is 2.24. The molecule has 2 amide bonds. The molecule has 1 aromatic heterocycles. The van der Waals surface area contributed by atoms with E-state index in [0.717, 1.165) is 23.0 Å². The van der Waals surface area contributed by atoms with Gasteiger partial charge < -0.3 is 24.3 Å². The molecule has 0 radical (unpaired) electrons. The first-order valence-corrected chi connectivity index (χ1v) is 9.69.